The molecule has 2 atom stereocenters. The molecule has 0 aliphatic carbocycles. The number of hydrogen-bond donors (Lipinski definition) is 0. The second-order valence-corrected chi connectivity index (χ2v) is 7.23. The van der Waals surface area contributed by atoms with E-state index in [-0.39, 0.29) is 36.1 Å². The van der Waals surface area contributed by atoms with Crippen LogP contribution in [0.4, 0.5) is 0 Å². The first-order valence-corrected chi connectivity index (χ1v) is 8.51. The van der Waals surface area contributed by atoms with Gasteiger partial charge in [-0.2, -0.15) is 0 Å². The molecule has 0 aliphatic heterocycles. The van der Waals surface area contributed by atoms with Gasteiger partial charge in [-0.05, 0) is 30.1 Å². The Hall–Kier alpha value is -1.06. The normalized spacial score (nSPS) is 14.3. The summed E-state index contributed by atoms with van der Waals surface area (Å²) in [6.07, 6.45) is 0.955. The fraction of sp³-hybridized carbons (Fsp3) is 0.889. The van der Waals surface area contributed by atoms with Gasteiger partial charge in [0.2, 0.25) is 0 Å². The van der Waals surface area contributed by atoms with Crippen LogP contribution in [0.25, 0.3) is 0 Å². The average Bonchev–Trinajstić information content (AvgIpc) is 2.42. The summed E-state index contributed by atoms with van der Waals surface area (Å²) in [6.45, 7) is 14.9. The van der Waals surface area contributed by atoms with Crippen molar-refractivity contribution in [3.8, 4) is 0 Å². The maximum atomic E-state index is 12.3. The Morgan fingerprint density at radius 2 is 1.36 bits per heavy atom. The Bertz CT molecular complexity index is 334. The highest BCUT2D eigenvalue weighted by Crippen LogP contribution is 2.29. The molecule has 0 N–H and O–H groups in total. The van der Waals surface area contributed by atoms with Gasteiger partial charge in [-0.25, -0.2) is 0 Å². The lowest BCUT2D eigenvalue weighted by Gasteiger charge is -2.27. The highest BCUT2D eigenvalue weighted by atomic mass is 16.5. The van der Waals surface area contributed by atoms with E-state index >= 15 is 0 Å². The monoisotopic (exact) mass is 314 g/mol. The lowest BCUT2D eigenvalue weighted by Crippen LogP contribution is -2.32. The van der Waals surface area contributed by atoms with Crippen LogP contribution in [-0.4, -0.2) is 25.2 Å². The molecule has 130 valence electrons. The van der Waals surface area contributed by atoms with Crippen molar-refractivity contribution in [1.82, 2.24) is 0 Å². The topological polar surface area (TPSA) is 52.6 Å². The third kappa shape index (κ3) is 8.40. The maximum absolute atomic E-state index is 12.3. The molecule has 0 heterocycles. The van der Waals surface area contributed by atoms with E-state index in [9.17, 15) is 9.59 Å². The molecule has 4 nitrogen and oxygen atoms in total. The van der Waals surface area contributed by atoms with Crippen LogP contribution in [0.1, 0.15) is 61.3 Å². The summed E-state index contributed by atoms with van der Waals surface area (Å²) >= 11 is 0. The molecular formula is C18H34O4. The molecule has 0 fully saturated rings. The Balaban J connectivity index is 4.73. The van der Waals surface area contributed by atoms with Crippen molar-refractivity contribution in [2.24, 2.45) is 29.6 Å². The van der Waals surface area contributed by atoms with E-state index in [1.807, 2.05) is 48.5 Å². The number of ether oxygens (including phenoxy) is 2. The van der Waals surface area contributed by atoms with Gasteiger partial charge in [-0.15, -0.1) is 0 Å². The second-order valence-electron chi connectivity index (χ2n) is 7.23. The van der Waals surface area contributed by atoms with E-state index in [4.69, 9.17) is 9.47 Å². The van der Waals surface area contributed by atoms with Crippen molar-refractivity contribution in [3.05, 3.63) is 0 Å². The van der Waals surface area contributed by atoms with Crippen LogP contribution in [0.15, 0.2) is 0 Å². The van der Waals surface area contributed by atoms with Gasteiger partial charge in [0.05, 0.1) is 19.1 Å². The predicted molar refractivity (Wildman–Crippen MR) is 88.3 cm³/mol. The molecule has 0 aromatic rings. The standard InChI is InChI=1S/C18H34O4/c1-8-15(18(20)22-11-13(4)5)16(14(6)7)9-17(19)21-10-12(2)3/h12-16H,8-11H2,1-7H3. The first-order valence-electron chi connectivity index (χ1n) is 8.51. The first kappa shape index (κ1) is 20.9. The maximum Gasteiger partial charge on any atom is 0.309 e. The zero-order valence-electron chi connectivity index (χ0n) is 15.3. The van der Waals surface area contributed by atoms with Gasteiger partial charge in [-0.3, -0.25) is 9.59 Å². The van der Waals surface area contributed by atoms with Gasteiger partial charge in [-0.1, -0.05) is 48.5 Å². The fourth-order valence-corrected chi connectivity index (χ4v) is 2.35. The molecule has 0 aromatic carbocycles. The number of carbonyl (C=O) groups is 2. The van der Waals surface area contributed by atoms with Gasteiger partial charge < -0.3 is 9.47 Å². The lowest BCUT2D eigenvalue weighted by atomic mass is 9.79. The van der Waals surface area contributed by atoms with E-state index in [2.05, 4.69) is 0 Å². The van der Waals surface area contributed by atoms with E-state index < -0.39 is 0 Å². The quantitative estimate of drug-likeness (QED) is 0.570. The smallest absolute Gasteiger partial charge is 0.309 e. The average molecular weight is 314 g/mol. The van der Waals surface area contributed by atoms with Crippen LogP contribution in [0, 0.1) is 29.6 Å². The number of carbonyl (C=O) groups excluding carboxylic acids is 2. The van der Waals surface area contributed by atoms with E-state index in [0.29, 0.717) is 31.5 Å². The van der Waals surface area contributed by atoms with E-state index in [1.165, 1.54) is 0 Å². The summed E-state index contributed by atoms with van der Waals surface area (Å²) in [5.41, 5.74) is 0. The summed E-state index contributed by atoms with van der Waals surface area (Å²) in [4.78, 5) is 24.3. The van der Waals surface area contributed by atoms with Crippen molar-refractivity contribution < 1.29 is 19.1 Å². The van der Waals surface area contributed by atoms with Crippen LogP contribution in [0.3, 0.4) is 0 Å². The zero-order chi connectivity index (χ0) is 17.3. The summed E-state index contributed by atoms with van der Waals surface area (Å²) in [7, 11) is 0. The van der Waals surface area contributed by atoms with Gasteiger partial charge in [0.1, 0.15) is 0 Å². The third-order valence-electron chi connectivity index (χ3n) is 3.65. The summed E-state index contributed by atoms with van der Waals surface area (Å²) in [6, 6.07) is 0. The Morgan fingerprint density at radius 1 is 0.864 bits per heavy atom. The highest BCUT2D eigenvalue weighted by Gasteiger charge is 2.32. The highest BCUT2D eigenvalue weighted by molar-refractivity contribution is 5.75. The predicted octanol–water partition coefficient (Wildman–Crippen LogP) is 4.07. The molecule has 0 radical (unpaired) electrons. The fourth-order valence-electron chi connectivity index (χ4n) is 2.35. The largest absolute Gasteiger partial charge is 0.465 e. The van der Waals surface area contributed by atoms with Crippen molar-refractivity contribution in [2.75, 3.05) is 13.2 Å². The number of esters is 2. The van der Waals surface area contributed by atoms with Crippen molar-refractivity contribution in [1.29, 1.82) is 0 Å². The van der Waals surface area contributed by atoms with Crippen LogP contribution in [-0.2, 0) is 19.1 Å². The molecular weight excluding hydrogens is 280 g/mol. The van der Waals surface area contributed by atoms with Gasteiger partial charge in [0.15, 0.2) is 0 Å². The van der Waals surface area contributed by atoms with Crippen LogP contribution in [0.2, 0.25) is 0 Å². The molecule has 0 saturated carbocycles. The minimum absolute atomic E-state index is 0.0377. The van der Waals surface area contributed by atoms with E-state index in [0.717, 1.165) is 0 Å². The third-order valence-corrected chi connectivity index (χ3v) is 3.65. The van der Waals surface area contributed by atoms with Crippen molar-refractivity contribution in [3.63, 3.8) is 0 Å². The number of hydrogen-bond acceptors (Lipinski definition) is 4. The molecule has 0 amide bonds. The molecule has 0 saturated heterocycles. The molecule has 22 heavy (non-hydrogen) atoms. The summed E-state index contributed by atoms with van der Waals surface area (Å²) in [5.74, 6) is 0.168. The molecule has 0 aliphatic rings. The molecule has 0 spiro atoms. The second kappa shape index (κ2) is 10.6. The molecule has 0 rings (SSSR count). The SMILES string of the molecule is CCC(C(=O)OCC(C)C)C(CC(=O)OCC(C)C)C(C)C. The summed E-state index contributed by atoms with van der Waals surface area (Å²) < 4.78 is 10.6. The van der Waals surface area contributed by atoms with Gasteiger partial charge in [0.25, 0.3) is 0 Å². The lowest BCUT2D eigenvalue weighted by molar-refractivity contribution is -0.155. The van der Waals surface area contributed by atoms with Crippen LogP contribution in [0.5, 0.6) is 0 Å². The van der Waals surface area contributed by atoms with Crippen LogP contribution < -0.4 is 0 Å². The Morgan fingerprint density at radius 3 is 1.77 bits per heavy atom. The first-order chi connectivity index (χ1) is 10.2. The van der Waals surface area contributed by atoms with E-state index in [1.54, 1.807) is 0 Å². The Kier molecular flexibility index (Phi) is 10.1. The zero-order valence-corrected chi connectivity index (χ0v) is 15.3. The molecule has 2 unspecified atom stereocenters. The molecule has 4 heteroatoms. The van der Waals surface area contributed by atoms with Crippen LogP contribution >= 0.6 is 0 Å². The van der Waals surface area contributed by atoms with Crippen molar-refractivity contribution >= 4 is 11.9 Å². The molecule has 0 bridgehead atoms. The minimum Gasteiger partial charge on any atom is -0.465 e. The van der Waals surface area contributed by atoms with Gasteiger partial charge in [0, 0.05) is 6.42 Å². The number of rotatable bonds is 10. The minimum atomic E-state index is -0.245. The summed E-state index contributed by atoms with van der Waals surface area (Å²) in [5, 5.41) is 0. The molecule has 0 aromatic heterocycles. The Labute approximate surface area is 135 Å². The van der Waals surface area contributed by atoms with Crippen molar-refractivity contribution in [2.45, 2.75) is 61.3 Å². The van der Waals surface area contributed by atoms with Gasteiger partial charge >= 0.3 is 11.9 Å².